The average molecular weight is 395 g/mol. The molecular weight excluding hydrogens is 370 g/mol. The van der Waals surface area contributed by atoms with E-state index in [1.165, 1.54) is 6.92 Å². The molecule has 0 aliphatic carbocycles. The maximum Gasteiger partial charge on any atom is 0.230 e. The number of H-pyrrole nitrogens is 1. The number of fused-ring (bicyclic) bond motifs is 1. The molecule has 2 aliphatic rings. The van der Waals surface area contributed by atoms with Crippen LogP contribution in [0.25, 0.3) is 0 Å². The van der Waals surface area contributed by atoms with Crippen molar-refractivity contribution in [3.8, 4) is 0 Å². The van der Waals surface area contributed by atoms with Crippen molar-refractivity contribution < 1.29 is 14.4 Å². The topological polar surface area (TPSA) is 98.4 Å². The zero-order chi connectivity index (χ0) is 20.5. The van der Waals surface area contributed by atoms with Gasteiger partial charge in [-0.1, -0.05) is 18.2 Å². The number of aromatic nitrogens is 2. The van der Waals surface area contributed by atoms with E-state index in [4.69, 9.17) is 0 Å². The van der Waals surface area contributed by atoms with Gasteiger partial charge in [0.25, 0.3) is 0 Å². The van der Waals surface area contributed by atoms with E-state index in [0.29, 0.717) is 18.8 Å². The van der Waals surface area contributed by atoms with Crippen LogP contribution >= 0.6 is 0 Å². The van der Waals surface area contributed by atoms with Crippen molar-refractivity contribution in [1.82, 2.24) is 15.1 Å². The summed E-state index contributed by atoms with van der Waals surface area (Å²) in [4.78, 5) is 40.8. The standard InChI is InChI=1S/C21H25N5O3/c1-13(27)23-17-11-22-24-20(17)14-6-5-9-26(12-14)21(29)16-10-19(28)25(2)18-8-4-3-7-15(16)18/h3-4,7-8,11,14,16H,5-6,9-10,12H2,1-2H3,(H,22,24)(H,23,27). The summed E-state index contributed by atoms with van der Waals surface area (Å²) in [7, 11) is 1.75. The van der Waals surface area contributed by atoms with Gasteiger partial charge >= 0.3 is 0 Å². The third-order valence-electron chi connectivity index (χ3n) is 5.85. The number of hydrogen-bond donors (Lipinski definition) is 2. The lowest BCUT2D eigenvalue weighted by Crippen LogP contribution is -2.45. The zero-order valence-electron chi connectivity index (χ0n) is 16.6. The number of piperidine rings is 1. The molecule has 1 saturated heterocycles. The molecule has 3 amide bonds. The summed E-state index contributed by atoms with van der Waals surface area (Å²) < 4.78 is 0. The molecule has 0 radical (unpaired) electrons. The summed E-state index contributed by atoms with van der Waals surface area (Å²) in [6, 6.07) is 7.61. The highest BCUT2D eigenvalue weighted by atomic mass is 16.2. The van der Waals surface area contributed by atoms with Gasteiger partial charge in [-0.2, -0.15) is 5.10 Å². The molecule has 8 nitrogen and oxygen atoms in total. The number of rotatable bonds is 3. The Morgan fingerprint density at radius 3 is 2.86 bits per heavy atom. The third-order valence-corrected chi connectivity index (χ3v) is 5.85. The molecule has 1 fully saturated rings. The summed E-state index contributed by atoms with van der Waals surface area (Å²) in [6.07, 6.45) is 3.55. The molecule has 0 bridgehead atoms. The quantitative estimate of drug-likeness (QED) is 0.833. The molecule has 1 aromatic heterocycles. The number of likely N-dealkylation sites (tertiary alicyclic amines) is 1. The Morgan fingerprint density at radius 1 is 1.28 bits per heavy atom. The fraction of sp³-hybridized carbons (Fsp3) is 0.429. The van der Waals surface area contributed by atoms with E-state index in [0.717, 1.165) is 29.8 Å². The Morgan fingerprint density at radius 2 is 2.07 bits per heavy atom. The lowest BCUT2D eigenvalue weighted by Gasteiger charge is -2.37. The number of nitrogens with one attached hydrogen (secondary N) is 2. The Kier molecular flexibility index (Phi) is 5.08. The molecule has 8 heteroatoms. The van der Waals surface area contributed by atoms with Crippen LogP contribution in [-0.4, -0.2) is 53.0 Å². The van der Waals surface area contributed by atoms with Crippen LogP contribution in [0.4, 0.5) is 11.4 Å². The van der Waals surface area contributed by atoms with Gasteiger partial charge in [-0.05, 0) is 24.5 Å². The first kappa shape index (κ1) is 19.2. The maximum atomic E-state index is 13.4. The molecule has 2 aliphatic heterocycles. The Labute approximate surface area is 169 Å². The van der Waals surface area contributed by atoms with Crippen LogP contribution in [0.15, 0.2) is 30.5 Å². The van der Waals surface area contributed by atoms with Gasteiger partial charge in [-0.15, -0.1) is 0 Å². The fourth-order valence-corrected chi connectivity index (χ4v) is 4.39. The van der Waals surface area contributed by atoms with Crippen molar-refractivity contribution in [3.05, 3.63) is 41.7 Å². The van der Waals surface area contributed by atoms with Gasteiger partial charge in [0.2, 0.25) is 17.7 Å². The predicted molar refractivity (Wildman–Crippen MR) is 109 cm³/mol. The van der Waals surface area contributed by atoms with E-state index in [2.05, 4.69) is 15.5 Å². The minimum Gasteiger partial charge on any atom is -0.341 e. The van der Waals surface area contributed by atoms with E-state index < -0.39 is 5.92 Å². The molecule has 1 aromatic carbocycles. The first-order valence-corrected chi connectivity index (χ1v) is 9.91. The molecular formula is C21H25N5O3. The van der Waals surface area contributed by atoms with E-state index in [1.807, 2.05) is 29.2 Å². The second-order valence-corrected chi connectivity index (χ2v) is 7.77. The number of amides is 3. The molecule has 2 unspecified atom stereocenters. The van der Waals surface area contributed by atoms with Gasteiger partial charge in [0, 0.05) is 45.1 Å². The first-order valence-electron chi connectivity index (χ1n) is 9.91. The van der Waals surface area contributed by atoms with Crippen LogP contribution in [0, 0.1) is 0 Å². The largest absolute Gasteiger partial charge is 0.341 e. The molecule has 152 valence electrons. The highest BCUT2D eigenvalue weighted by Gasteiger charge is 2.37. The van der Waals surface area contributed by atoms with Crippen molar-refractivity contribution in [2.75, 3.05) is 30.4 Å². The summed E-state index contributed by atoms with van der Waals surface area (Å²) in [6.45, 7) is 2.67. The highest BCUT2D eigenvalue weighted by molar-refractivity contribution is 6.02. The van der Waals surface area contributed by atoms with Crippen LogP contribution in [0.5, 0.6) is 0 Å². The molecule has 29 heavy (non-hydrogen) atoms. The number of anilines is 2. The number of carbonyl (C=O) groups is 3. The second kappa shape index (κ2) is 7.69. The fourth-order valence-electron chi connectivity index (χ4n) is 4.39. The number of para-hydroxylation sites is 1. The summed E-state index contributed by atoms with van der Waals surface area (Å²) in [5.74, 6) is -0.598. The van der Waals surface area contributed by atoms with Gasteiger partial charge in [0.1, 0.15) is 0 Å². The van der Waals surface area contributed by atoms with E-state index in [-0.39, 0.29) is 30.1 Å². The van der Waals surface area contributed by atoms with Crippen molar-refractivity contribution in [2.24, 2.45) is 0 Å². The Bertz CT molecular complexity index is 953. The highest BCUT2D eigenvalue weighted by Crippen LogP contribution is 2.38. The average Bonchev–Trinajstić information content (AvgIpc) is 3.18. The van der Waals surface area contributed by atoms with Crippen molar-refractivity contribution >= 4 is 29.1 Å². The van der Waals surface area contributed by atoms with Gasteiger partial charge < -0.3 is 15.1 Å². The molecule has 4 rings (SSSR count). The van der Waals surface area contributed by atoms with Crippen LogP contribution < -0.4 is 10.2 Å². The van der Waals surface area contributed by atoms with Crippen LogP contribution in [0.3, 0.4) is 0 Å². The molecule has 3 heterocycles. The molecule has 2 N–H and O–H groups in total. The minimum absolute atomic E-state index is 0.0100. The number of benzene rings is 1. The van der Waals surface area contributed by atoms with Gasteiger partial charge in [-0.3, -0.25) is 19.5 Å². The number of carbonyl (C=O) groups excluding carboxylic acids is 3. The minimum atomic E-state index is -0.453. The van der Waals surface area contributed by atoms with Gasteiger partial charge in [0.15, 0.2) is 0 Å². The monoisotopic (exact) mass is 395 g/mol. The Balaban J connectivity index is 1.56. The lowest BCUT2D eigenvalue weighted by molar-refractivity contribution is -0.136. The lowest BCUT2D eigenvalue weighted by atomic mass is 9.86. The zero-order valence-corrected chi connectivity index (χ0v) is 16.6. The summed E-state index contributed by atoms with van der Waals surface area (Å²) >= 11 is 0. The van der Waals surface area contributed by atoms with E-state index in [9.17, 15) is 14.4 Å². The number of nitrogens with zero attached hydrogens (tertiary/aromatic N) is 3. The second-order valence-electron chi connectivity index (χ2n) is 7.77. The molecule has 2 aromatic rings. The predicted octanol–water partition coefficient (Wildman–Crippen LogP) is 2.22. The smallest absolute Gasteiger partial charge is 0.230 e. The normalized spacial score (nSPS) is 21.7. The maximum absolute atomic E-state index is 13.4. The Hall–Kier alpha value is -3.16. The van der Waals surface area contributed by atoms with Crippen LogP contribution in [0.2, 0.25) is 0 Å². The third kappa shape index (κ3) is 3.62. The SMILES string of the molecule is CC(=O)Nc1cn[nH]c1C1CCCN(C(=O)C2CC(=O)N(C)c3ccccc32)C1. The van der Waals surface area contributed by atoms with E-state index in [1.54, 1.807) is 18.1 Å². The molecule has 0 spiro atoms. The van der Waals surface area contributed by atoms with Crippen molar-refractivity contribution in [3.63, 3.8) is 0 Å². The molecule has 2 atom stereocenters. The van der Waals surface area contributed by atoms with Crippen molar-refractivity contribution in [2.45, 2.75) is 38.0 Å². The van der Waals surface area contributed by atoms with Crippen molar-refractivity contribution in [1.29, 1.82) is 0 Å². The summed E-state index contributed by atoms with van der Waals surface area (Å²) in [5, 5.41) is 9.85. The number of aromatic amines is 1. The summed E-state index contributed by atoms with van der Waals surface area (Å²) in [5.41, 5.74) is 3.22. The van der Waals surface area contributed by atoms with Gasteiger partial charge in [0.05, 0.1) is 23.5 Å². The first-order chi connectivity index (χ1) is 14.0. The van der Waals surface area contributed by atoms with Gasteiger partial charge in [-0.25, -0.2) is 0 Å². The molecule has 0 saturated carbocycles. The van der Waals surface area contributed by atoms with E-state index >= 15 is 0 Å². The van der Waals surface area contributed by atoms with Crippen LogP contribution in [0.1, 0.15) is 49.3 Å². The van der Waals surface area contributed by atoms with Crippen LogP contribution in [-0.2, 0) is 14.4 Å². The number of hydrogen-bond acceptors (Lipinski definition) is 4.